The molecule has 2 aromatic heterocycles. The fourth-order valence-corrected chi connectivity index (χ4v) is 2.28. The van der Waals surface area contributed by atoms with Crippen molar-refractivity contribution in [2.45, 2.75) is 6.42 Å². The maximum absolute atomic E-state index is 11.2. The maximum atomic E-state index is 11.2. The van der Waals surface area contributed by atoms with Gasteiger partial charge in [-0.3, -0.25) is 9.78 Å². The summed E-state index contributed by atoms with van der Waals surface area (Å²) in [5, 5.41) is 9.82. The summed E-state index contributed by atoms with van der Waals surface area (Å²) in [6.07, 6.45) is 2.17. The lowest BCUT2D eigenvalue weighted by Gasteiger charge is -2.05. The summed E-state index contributed by atoms with van der Waals surface area (Å²) >= 11 is 0. The summed E-state index contributed by atoms with van der Waals surface area (Å²) in [4.78, 5) is 19.7. The number of pyridine rings is 2. The monoisotopic (exact) mass is 288 g/mol. The lowest BCUT2D eigenvalue weighted by atomic mass is 10.0. The van der Waals surface area contributed by atoms with E-state index in [2.05, 4.69) is 9.97 Å². The van der Waals surface area contributed by atoms with E-state index in [0.29, 0.717) is 17.7 Å². The lowest BCUT2D eigenvalue weighted by molar-refractivity contribution is 0.1000. The first kappa shape index (κ1) is 13.7. The number of carbonyl (C=O) groups is 1. The number of nitriles is 1. The summed E-state index contributed by atoms with van der Waals surface area (Å²) in [5.74, 6) is -0.463. The molecule has 0 saturated carbocycles. The minimum Gasteiger partial charge on any atom is -0.366 e. The second-order valence-electron chi connectivity index (χ2n) is 4.91. The first-order chi connectivity index (χ1) is 10.7. The van der Waals surface area contributed by atoms with E-state index < -0.39 is 5.91 Å². The SMILES string of the molecule is N#Cc1ccc2cc(Cc3cc(C(N)=O)ccn3)ccc2n1. The number of amides is 1. The largest absolute Gasteiger partial charge is 0.366 e. The van der Waals surface area contributed by atoms with E-state index in [1.165, 1.54) is 0 Å². The van der Waals surface area contributed by atoms with Gasteiger partial charge in [0.15, 0.2) is 0 Å². The molecule has 106 valence electrons. The second kappa shape index (κ2) is 5.62. The summed E-state index contributed by atoms with van der Waals surface area (Å²) in [5.41, 5.74) is 8.73. The van der Waals surface area contributed by atoms with Crippen molar-refractivity contribution in [2.75, 3.05) is 0 Å². The van der Waals surface area contributed by atoms with Crippen LogP contribution in [-0.4, -0.2) is 15.9 Å². The fourth-order valence-electron chi connectivity index (χ4n) is 2.28. The van der Waals surface area contributed by atoms with E-state index in [4.69, 9.17) is 11.0 Å². The van der Waals surface area contributed by atoms with Crippen molar-refractivity contribution in [1.29, 1.82) is 5.26 Å². The van der Waals surface area contributed by atoms with Crippen LogP contribution in [0.3, 0.4) is 0 Å². The highest BCUT2D eigenvalue weighted by Gasteiger charge is 2.05. The zero-order valence-corrected chi connectivity index (χ0v) is 11.7. The number of nitrogens with two attached hydrogens (primary N) is 1. The Bertz CT molecular complexity index is 912. The maximum Gasteiger partial charge on any atom is 0.248 e. The van der Waals surface area contributed by atoms with Crippen LogP contribution >= 0.6 is 0 Å². The van der Waals surface area contributed by atoms with Crippen LogP contribution in [0.4, 0.5) is 0 Å². The van der Waals surface area contributed by atoms with E-state index in [1.807, 2.05) is 30.3 Å². The summed E-state index contributed by atoms with van der Waals surface area (Å²) in [7, 11) is 0. The molecule has 5 heteroatoms. The van der Waals surface area contributed by atoms with Crippen molar-refractivity contribution in [3.8, 4) is 6.07 Å². The number of nitrogens with zero attached hydrogens (tertiary/aromatic N) is 3. The van der Waals surface area contributed by atoms with Crippen LogP contribution < -0.4 is 5.73 Å². The predicted molar refractivity (Wildman–Crippen MR) is 82.0 cm³/mol. The van der Waals surface area contributed by atoms with Gasteiger partial charge in [-0.1, -0.05) is 6.07 Å². The van der Waals surface area contributed by atoms with E-state index in [9.17, 15) is 4.79 Å². The molecule has 0 radical (unpaired) electrons. The van der Waals surface area contributed by atoms with Crippen molar-refractivity contribution in [3.63, 3.8) is 0 Å². The van der Waals surface area contributed by atoms with Crippen LogP contribution in [0.2, 0.25) is 0 Å². The third kappa shape index (κ3) is 2.76. The molecule has 0 bridgehead atoms. The Hall–Kier alpha value is -3.26. The van der Waals surface area contributed by atoms with Crippen molar-refractivity contribution >= 4 is 16.8 Å². The predicted octanol–water partition coefficient (Wildman–Crippen LogP) is 2.19. The molecule has 5 nitrogen and oxygen atoms in total. The van der Waals surface area contributed by atoms with Gasteiger partial charge < -0.3 is 5.73 Å². The van der Waals surface area contributed by atoms with Gasteiger partial charge in [-0.15, -0.1) is 0 Å². The van der Waals surface area contributed by atoms with Crippen LogP contribution in [0.25, 0.3) is 10.9 Å². The highest BCUT2D eigenvalue weighted by molar-refractivity contribution is 5.92. The number of hydrogen-bond acceptors (Lipinski definition) is 4. The number of rotatable bonds is 3. The molecular weight excluding hydrogens is 276 g/mol. The lowest BCUT2D eigenvalue weighted by Crippen LogP contribution is -2.11. The van der Waals surface area contributed by atoms with Crippen LogP contribution in [0, 0.1) is 11.3 Å². The topological polar surface area (TPSA) is 92.7 Å². The Morgan fingerprint density at radius 2 is 2.05 bits per heavy atom. The van der Waals surface area contributed by atoms with Crippen molar-refractivity contribution in [2.24, 2.45) is 5.73 Å². The summed E-state index contributed by atoms with van der Waals surface area (Å²) in [6, 6.07) is 14.7. The number of benzene rings is 1. The van der Waals surface area contributed by atoms with E-state index in [1.54, 1.807) is 24.4 Å². The van der Waals surface area contributed by atoms with E-state index in [0.717, 1.165) is 22.2 Å². The quantitative estimate of drug-likeness (QED) is 0.799. The van der Waals surface area contributed by atoms with Crippen LogP contribution in [-0.2, 0) is 6.42 Å². The zero-order chi connectivity index (χ0) is 15.5. The molecule has 0 aliphatic carbocycles. The molecule has 0 aliphatic rings. The molecule has 0 saturated heterocycles. The average Bonchev–Trinajstić information content (AvgIpc) is 2.54. The van der Waals surface area contributed by atoms with Crippen LogP contribution in [0.5, 0.6) is 0 Å². The molecule has 2 heterocycles. The zero-order valence-electron chi connectivity index (χ0n) is 11.7. The smallest absolute Gasteiger partial charge is 0.248 e. The Morgan fingerprint density at radius 3 is 2.82 bits per heavy atom. The molecule has 1 aromatic carbocycles. The van der Waals surface area contributed by atoms with Gasteiger partial charge >= 0.3 is 0 Å². The van der Waals surface area contributed by atoms with E-state index >= 15 is 0 Å². The van der Waals surface area contributed by atoms with Gasteiger partial charge in [0.1, 0.15) is 11.8 Å². The molecule has 0 fully saturated rings. The first-order valence-electron chi connectivity index (χ1n) is 6.70. The van der Waals surface area contributed by atoms with Gasteiger partial charge in [0, 0.05) is 29.3 Å². The van der Waals surface area contributed by atoms with Gasteiger partial charge in [-0.05, 0) is 42.0 Å². The molecule has 3 aromatic rings. The third-order valence-electron chi connectivity index (χ3n) is 3.35. The minimum absolute atomic E-state index is 0.399. The highest BCUT2D eigenvalue weighted by atomic mass is 16.1. The number of carbonyl (C=O) groups excluding carboxylic acids is 1. The standard InChI is InChI=1S/C17H12N4O/c18-10-14-3-2-12-7-11(1-4-16(12)21-14)8-15-9-13(17(19)22)5-6-20-15/h1-7,9H,8H2,(H2,19,22). The van der Waals surface area contributed by atoms with Crippen molar-refractivity contribution in [3.05, 3.63) is 71.2 Å². The average molecular weight is 288 g/mol. The van der Waals surface area contributed by atoms with Crippen molar-refractivity contribution in [1.82, 2.24) is 9.97 Å². The molecule has 3 rings (SSSR count). The summed E-state index contributed by atoms with van der Waals surface area (Å²) in [6.45, 7) is 0. The normalized spacial score (nSPS) is 10.3. The van der Waals surface area contributed by atoms with Gasteiger partial charge in [-0.25, -0.2) is 4.98 Å². The first-order valence-corrected chi connectivity index (χ1v) is 6.70. The number of fused-ring (bicyclic) bond motifs is 1. The highest BCUT2D eigenvalue weighted by Crippen LogP contribution is 2.17. The van der Waals surface area contributed by atoms with E-state index in [-0.39, 0.29) is 0 Å². The number of hydrogen-bond donors (Lipinski definition) is 1. The Balaban J connectivity index is 1.93. The molecule has 0 spiro atoms. The fraction of sp³-hybridized carbons (Fsp3) is 0.0588. The number of primary amides is 1. The van der Waals surface area contributed by atoms with Gasteiger partial charge in [0.2, 0.25) is 5.91 Å². The molecule has 0 unspecified atom stereocenters. The molecule has 0 atom stereocenters. The molecule has 22 heavy (non-hydrogen) atoms. The Labute approximate surface area is 127 Å². The van der Waals surface area contributed by atoms with Gasteiger partial charge in [0.25, 0.3) is 0 Å². The number of aromatic nitrogens is 2. The molecule has 2 N–H and O–H groups in total. The third-order valence-corrected chi connectivity index (χ3v) is 3.35. The Morgan fingerprint density at radius 1 is 1.18 bits per heavy atom. The van der Waals surface area contributed by atoms with Gasteiger partial charge in [0.05, 0.1) is 5.52 Å². The van der Waals surface area contributed by atoms with Crippen LogP contribution in [0.15, 0.2) is 48.7 Å². The molecule has 1 amide bonds. The summed E-state index contributed by atoms with van der Waals surface area (Å²) < 4.78 is 0. The molecular formula is C17H12N4O. The Kier molecular flexibility index (Phi) is 3.50. The second-order valence-corrected chi connectivity index (χ2v) is 4.91. The minimum atomic E-state index is -0.463. The molecule has 0 aliphatic heterocycles. The van der Waals surface area contributed by atoms with Gasteiger partial charge in [-0.2, -0.15) is 5.26 Å². The van der Waals surface area contributed by atoms with Crippen molar-refractivity contribution < 1.29 is 4.79 Å². The van der Waals surface area contributed by atoms with Crippen LogP contribution in [0.1, 0.15) is 27.3 Å².